The van der Waals surface area contributed by atoms with Gasteiger partial charge in [0.05, 0.1) is 18.5 Å². The molecule has 122 valence electrons. The topological polar surface area (TPSA) is 15.7 Å². The summed E-state index contributed by atoms with van der Waals surface area (Å²) in [5.74, 6) is 0.513. The Morgan fingerprint density at radius 1 is 1.17 bits per heavy atom. The summed E-state index contributed by atoms with van der Waals surface area (Å²) < 4.78 is 51.0. The fraction of sp³-hybridized carbons (Fsp3) is 0.368. The maximum absolute atomic E-state index is 7.61. The van der Waals surface area contributed by atoms with Crippen molar-refractivity contribution < 1.29 is 13.0 Å². The highest BCUT2D eigenvalue weighted by Gasteiger charge is 2.25. The molecular formula is C19H24N2OS. The van der Waals surface area contributed by atoms with Crippen LogP contribution >= 0.6 is 11.8 Å². The van der Waals surface area contributed by atoms with Crippen LogP contribution in [0.2, 0.25) is 0 Å². The molecule has 0 bridgehead atoms. The van der Waals surface area contributed by atoms with Gasteiger partial charge in [-0.05, 0) is 44.1 Å². The zero-order chi connectivity index (χ0) is 21.4. The average molecular weight is 335 g/mol. The Morgan fingerprint density at radius 2 is 1.96 bits per heavy atom. The van der Waals surface area contributed by atoms with Crippen LogP contribution in [-0.2, 0) is 0 Å². The standard InChI is InChI=1S/C19H24N2OS/c1-14(12-20(2)3)13-21-16-7-5-6-8-18(16)23-19-10-9-15(22-4)11-17(19)21/h5-11,14H,12-13H2,1-4H3/i2D3,3D3. The van der Waals surface area contributed by atoms with Crippen molar-refractivity contribution in [1.29, 1.82) is 0 Å². The lowest BCUT2D eigenvalue weighted by Gasteiger charge is -2.35. The van der Waals surface area contributed by atoms with Crippen LogP contribution in [0.15, 0.2) is 52.3 Å². The highest BCUT2D eigenvalue weighted by Crippen LogP contribution is 2.49. The number of ether oxygens (including phenoxy) is 1. The lowest BCUT2D eigenvalue weighted by atomic mass is 10.1. The second kappa shape index (κ2) is 6.85. The van der Waals surface area contributed by atoms with Gasteiger partial charge >= 0.3 is 0 Å². The van der Waals surface area contributed by atoms with Crippen molar-refractivity contribution in [2.45, 2.75) is 16.7 Å². The van der Waals surface area contributed by atoms with E-state index in [0.29, 0.717) is 11.4 Å². The Labute approximate surface area is 151 Å². The monoisotopic (exact) mass is 334 g/mol. The van der Waals surface area contributed by atoms with Gasteiger partial charge < -0.3 is 14.5 Å². The molecule has 0 N–H and O–H groups in total. The van der Waals surface area contributed by atoms with E-state index in [1.165, 1.54) is 0 Å². The van der Waals surface area contributed by atoms with Crippen molar-refractivity contribution >= 4 is 23.1 Å². The number of hydrogen-bond acceptors (Lipinski definition) is 4. The fourth-order valence-corrected chi connectivity index (χ4v) is 3.89. The number of nitrogens with zero attached hydrogens (tertiary/aromatic N) is 2. The van der Waals surface area contributed by atoms with E-state index in [-0.39, 0.29) is 12.5 Å². The molecule has 2 aromatic rings. The Hall–Kier alpha value is -1.65. The molecule has 0 fully saturated rings. The van der Waals surface area contributed by atoms with Gasteiger partial charge in [0.25, 0.3) is 0 Å². The second-order valence-electron chi connectivity index (χ2n) is 5.73. The number of benzene rings is 2. The third-order valence-corrected chi connectivity index (χ3v) is 4.95. The quantitative estimate of drug-likeness (QED) is 0.800. The van der Waals surface area contributed by atoms with Crippen LogP contribution in [0.5, 0.6) is 5.75 Å². The predicted molar refractivity (Wildman–Crippen MR) is 98.3 cm³/mol. The molecule has 1 heterocycles. The summed E-state index contributed by atoms with van der Waals surface area (Å²) in [6.45, 7) is -3.10. The Bertz CT molecular complexity index is 857. The molecule has 0 spiro atoms. The molecule has 1 unspecified atom stereocenters. The maximum Gasteiger partial charge on any atom is 0.121 e. The summed E-state index contributed by atoms with van der Waals surface area (Å²) >= 11 is 1.67. The van der Waals surface area contributed by atoms with Crippen molar-refractivity contribution in [3.8, 4) is 5.75 Å². The minimum atomic E-state index is -2.68. The molecule has 0 radical (unpaired) electrons. The molecule has 3 rings (SSSR count). The molecular weight excluding hydrogens is 304 g/mol. The van der Waals surface area contributed by atoms with Gasteiger partial charge in [0.2, 0.25) is 0 Å². The lowest BCUT2D eigenvalue weighted by Crippen LogP contribution is -2.31. The van der Waals surface area contributed by atoms with Crippen molar-refractivity contribution in [3.05, 3.63) is 42.5 Å². The van der Waals surface area contributed by atoms with E-state index in [2.05, 4.69) is 4.90 Å². The molecule has 1 aliphatic rings. The smallest absolute Gasteiger partial charge is 0.121 e. The molecule has 1 aliphatic heterocycles. The van der Waals surface area contributed by atoms with Crippen LogP contribution in [0.3, 0.4) is 0 Å². The van der Waals surface area contributed by atoms with E-state index < -0.39 is 14.0 Å². The number of rotatable bonds is 5. The van der Waals surface area contributed by atoms with Gasteiger partial charge in [0.15, 0.2) is 0 Å². The lowest BCUT2D eigenvalue weighted by molar-refractivity contribution is 0.342. The molecule has 0 aromatic heterocycles. The van der Waals surface area contributed by atoms with Gasteiger partial charge in [0.1, 0.15) is 5.75 Å². The van der Waals surface area contributed by atoms with Gasteiger partial charge in [-0.25, -0.2) is 0 Å². The highest BCUT2D eigenvalue weighted by atomic mass is 32.2. The Balaban J connectivity index is 1.92. The van der Waals surface area contributed by atoms with Crippen LogP contribution < -0.4 is 9.64 Å². The van der Waals surface area contributed by atoms with E-state index in [1.807, 2.05) is 49.4 Å². The summed E-state index contributed by atoms with van der Waals surface area (Å²) in [6, 6.07) is 13.9. The minimum Gasteiger partial charge on any atom is -0.497 e. The molecule has 3 nitrogen and oxygen atoms in total. The maximum atomic E-state index is 7.61. The zero-order valence-electron chi connectivity index (χ0n) is 19.2. The summed E-state index contributed by atoms with van der Waals surface area (Å²) in [5, 5.41) is 0. The number of para-hydroxylation sites is 1. The fourth-order valence-electron chi connectivity index (χ4n) is 2.81. The summed E-state index contributed by atoms with van der Waals surface area (Å²) in [6.07, 6.45) is 0. The van der Waals surface area contributed by atoms with E-state index in [0.717, 1.165) is 26.9 Å². The van der Waals surface area contributed by atoms with Crippen LogP contribution in [0.4, 0.5) is 11.4 Å². The van der Waals surface area contributed by atoms with Crippen LogP contribution in [0.25, 0.3) is 0 Å². The molecule has 0 saturated carbocycles. The van der Waals surface area contributed by atoms with Gasteiger partial charge in [-0.3, -0.25) is 0 Å². The first kappa shape index (κ1) is 10.3. The summed E-state index contributed by atoms with van der Waals surface area (Å²) in [7, 11) is 1.61. The predicted octanol–water partition coefficient (Wildman–Crippen LogP) is 4.50. The van der Waals surface area contributed by atoms with Crippen molar-refractivity contribution in [2.75, 3.05) is 39.1 Å². The second-order valence-corrected chi connectivity index (χ2v) is 6.81. The summed E-state index contributed by atoms with van der Waals surface area (Å²) in [5.41, 5.74) is 1.98. The van der Waals surface area contributed by atoms with E-state index in [1.54, 1.807) is 18.9 Å². The normalized spacial score (nSPS) is 19.3. The van der Waals surface area contributed by atoms with Crippen molar-refractivity contribution in [3.63, 3.8) is 0 Å². The summed E-state index contributed by atoms with van der Waals surface area (Å²) in [4.78, 5) is 4.91. The first-order valence-corrected chi connectivity index (χ1v) is 8.32. The molecule has 1 atom stereocenters. The van der Waals surface area contributed by atoms with Crippen molar-refractivity contribution in [2.24, 2.45) is 5.92 Å². The number of hydrogen-bond donors (Lipinski definition) is 0. The van der Waals surface area contributed by atoms with E-state index in [9.17, 15) is 0 Å². The van der Waals surface area contributed by atoms with Crippen molar-refractivity contribution in [1.82, 2.24) is 4.90 Å². The first-order valence-electron chi connectivity index (χ1n) is 10.5. The van der Waals surface area contributed by atoms with Gasteiger partial charge in [-0.2, -0.15) is 0 Å². The molecule has 4 heteroatoms. The Morgan fingerprint density at radius 3 is 2.74 bits per heavy atom. The molecule has 0 amide bonds. The molecule has 0 saturated heterocycles. The van der Waals surface area contributed by atoms with E-state index >= 15 is 0 Å². The van der Waals surface area contributed by atoms with E-state index in [4.69, 9.17) is 13.0 Å². The zero-order valence-corrected chi connectivity index (χ0v) is 14.1. The minimum absolute atomic E-state index is 0.0713. The molecule has 0 aliphatic carbocycles. The first-order chi connectivity index (χ1) is 13.5. The number of fused-ring (bicyclic) bond motifs is 2. The van der Waals surface area contributed by atoms with Crippen LogP contribution in [-0.4, -0.2) is 39.1 Å². The Kier molecular flexibility index (Phi) is 3.06. The SMILES string of the molecule is [2H]C([2H])([2H])N(CC(C)CN1c2ccccc2Sc2ccc(OC)cc21)C([2H])([2H])[2H]. The number of anilines is 2. The van der Waals surface area contributed by atoms with Gasteiger partial charge in [-0.15, -0.1) is 0 Å². The highest BCUT2D eigenvalue weighted by molar-refractivity contribution is 7.99. The molecule has 23 heavy (non-hydrogen) atoms. The molecule has 2 aromatic carbocycles. The third kappa shape index (κ3) is 3.48. The average Bonchev–Trinajstić information content (AvgIpc) is 2.64. The number of methoxy groups -OCH3 is 1. The van der Waals surface area contributed by atoms with Crippen LogP contribution in [0, 0.1) is 5.92 Å². The third-order valence-electron chi connectivity index (χ3n) is 3.82. The van der Waals surface area contributed by atoms with Crippen LogP contribution in [0.1, 0.15) is 15.1 Å². The largest absolute Gasteiger partial charge is 0.497 e. The van der Waals surface area contributed by atoms with Gasteiger partial charge in [-0.1, -0.05) is 30.8 Å². The van der Waals surface area contributed by atoms with Gasteiger partial charge in [0, 0.05) is 37.2 Å².